The van der Waals surface area contributed by atoms with Gasteiger partial charge in [0, 0.05) is 23.1 Å². The van der Waals surface area contributed by atoms with Crippen LogP contribution >= 0.6 is 0 Å². The maximum Gasteiger partial charge on any atom is 0.311 e. The number of rotatable bonds is 5. The number of hydrogen-bond acceptors (Lipinski definition) is 5. The molecule has 28 heavy (non-hydrogen) atoms. The summed E-state index contributed by atoms with van der Waals surface area (Å²) in [7, 11) is 0. The predicted octanol–water partition coefficient (Wildman–Crippen LogP) is 4.49. The lowest BCUT2D eigenvalue weighted by Gasteiger charge is -2.23. The van der Waals surface area contributed by atoms with E-state index in [1.165, 1.54) is 18.2 Å². The lowest BCUT2D eigenvalue weighted by molar-refractivity contribution is -0.385. The van der Waals surface area contributed by atoms with Crippen molar-refractivity contribution in [2.75, 3.05) is 11.9 Å². The van der Waals surface area contributed by atoms with Crippen molar-refractivity contribution in [3.8, 4) is 5.75 Å². The number of hydrogen-bond donors (Lipinski definition) is 1. The van der Waals surface area contributed by atoms with Crippen molar-refractivity contribution in [1.29, 1.82) is 0 Å². The van der Waals surface area contributed by atoms with Gasteiger partial charge in [-0.3, -0.25) is 14.9 Å². The van der Waals surface area contributed by atoms with Crippen LogP contribution in [0.15, 0.2) is 24.3 Å². The number of ether oxygens (including phenoxy) is 1. The summed E-state index contributed by atoms with van der Waals surface area (Å²) >= 11 is 0. The Hall–Kier alpha value is -2.90. The summed E-state index contributed by atoms with van der Waals surface area (Å²) in [4.78, 5) is 23.5. The number of carbonyl (C=O) groups is 1. The van der Waals surface area contributed by atoms with Gasteiger partial charge in [-0.1, -0.05) is 20.8 Å². The molecule has 0 aliphatic carbocycles. The van der Waals surface area contributed by atoms with E-state index in [0.29, 0.717) is 12.4 Å². The Morgan fingerprint density at radius 1 is 1.21 bits per heavy atom. The minimum absolute atomic E-state index is 0.138. The van der Waals surface area contributed by atoms with Gasteiger partial charge in [0.25, 0.3) is 5.91 Å². The van der Waals surface area contributed by atoms with Crippen LogP contribution in [-0.4, -0.2) is 27.2 Å². The number of amides is 1. The number of anilines is 1. The van der Waals surface area contributed by atoms with Crippen LogP contribution in [-0.2, 0) is 11.0 Å². The number of nitrogens with one attached hydrogen (secondary N) is 1. The van der Waals surface area contributed by atoms with Crippen molar-refractivity contribution in [1.82, 2.24) is 9.78 Å². The molecule has 0 unspecified atom stereocenters. The molecule has 0 saturated carbocycles. The summed E-state index contributed by atoms with van der Waals surface area (Å²) in [6.45, 7) is 14.1. The van der Waals surface area contributed by atoms with E-state index < -0.39 is 10.8 Å². The Balaban J connectivity index is 2.41. The Morgan fingerprint density at radius 3 is 2.36 bits per heavy atom. The van der Waals surface area contributed by atoms with Crippen LogP contribution in [0.3, 0.4) is 0 Å². The first kappa shape index (κ1) is 21.4. The first-order valence-electron chi connectivity index (χ1n) is 9.18. The highest BCUT2D eigenvalue weighted by Gasteiger charge is 2.26. The molecular weight excluding hydrogens is 360 g/mol. The molecule has 1 amide bonds. The molecule has 0 saturated heterocycles. The Bertz CT molecular complexity index is 889. The number of nitro benzene ring substituents is 1. The van der Waals surface area contributed by atoms with Crippen molar-refractivity contribution in [2.45, 2.75) is 59.4 Å². The van der Waals surface area contributed by atoms with Crippen LogP contribution in [0.4, 0.5) is 11.5 Å². The molecule has 0 bridgehead atoms. The second kappa shape index (κ2) is 7.61. The smallest absolute Gasteiger partial charge is 0.311 e. The third-order valence-electron chi connectivity index (χ3n) is 4.07. The summed E-state index contributed by atoms with van der Waals surface area (Å²) in [5, 5.41) is 18.8. The van der Waals surface area contributed by atoms with Gasteiger partial charge < -0.3 is 10.1 Å². The predicted molar refractivity (Wildman–Crippen MR) is 108 cm³/mol. The molecule has 2 rings (SSSR count). The monoisotopic (exact) mass is 388 g/mol. The number of benzene rings is 1. The van der Waals surface area contributed by atoms with E-state index in [9.17, 15) is 14.9 Å². The van der Waals surface area contributed by atoms with E-state index in [0.717, 1.165) is 5.69 Å². The summed E-state index contributed by atoms with van der Waals surface area (Å²) in [5.41, 5.74) is 0.240. The standard InChI is InChI=1S/C20H28N4O4/c1-8-28-15-10-9-13(11-14(15)24(26)27)18(25)21-17-12-16(19(2,3)4)22-23(17)20(5,6)7/h9-12H,8H2,1-7H3,(H,21,25). The van der Waals surface area contributed by atoms with E-state index in [1.807, 2.05) is 47.6 Å². The molecule has 1 aromatic carbocycles. The molecule has 0 aliphatic heterocycles. The normalized spacial score (nSPS) is 12.0. The Morgan fingerprint density at radius 2 is 1.86 bits per heavy atom. The number of nitrogens with zero attached hydrogens (tertiary/aromatic N) is 3. The minimum atomic E-state index is -0.557. The highest BCUT2D eigenvalue weighted by molar-refractivity contribution is 6.04. The van der Waals surface area contributed by atoms with Gasteiger partial charge >= 0.3 is 5.69 Å². The lowest BCUT2D eigenvalue weighted by atomic mass is 9.92. The van der Waals surface area contributed by atoms with Gasteiger partial charge in [-0.2, -0.15) is 5.10 Å². The fraction of sp³-hybridized carbons (Fsp3) is 0.500. The first-order chi connectivity index (χ1) is 12.8. The molecule has 0 spiro atoms. The van der Waals surface area contributed by atoms with Crippen LogP contribution in [0.2, 0.25) is 0 Å². The molecule has 8 nitrogen and oxygen atoms in total. The second-order valence-electron chi connectivity index (χ2n) is 8.57. The van der Waals surface area contributed by atoms with E-state index >= 15 is 0 Å². The number of carbonyl (C=O) groups excluding carboxylic acids is 1. The van der Waals surface area contributed by atoms with Crippen molar-refractivity contribution >= 4 is 17.4 Å². The second-order valence-corrected chi connectivity index (χ2v) is 8.57. The molecule has 1 heterocycles. The number of nitro groups is 1. The van der Waals surface area contributed by atoms with Gasteiger partial charge in [0.2, 0.25) is 0 Å². The first-order valence-corrected chi connectivity index (χ1v) is 9.18. The van der Waals surface area contributed by atoms with Gasteiger partial charge in [0.1, 0.15) is 5.82 Å². The van der Waals surface area contributed by atoms with Crippen molar-refractivity contribution in [3.63, 3.8) is 0 Å². The van der Waals surface area contributed by atoms with Crippen LogP contribution < -0.4 is 10.1 Å². The largest absolute Gasteiger partial charge is 0.487 e. The van der Waals surface area contributed by atoms with Gasteiger partial charge in [0.15, 0.2) is 5.75 Å². The summed E-state index contributed by atoms with van der Waals surface area (Å²) in [6, 6.07) is 6.02. The zero-order valence-electron chi connectivity index (χ0n) is 17.5. The Labute approximate surface area is 165 Å². The molecule has 0 aliphatic rings. The number of aromatic nitrogens is 2. The molecule has 1 N–H and O–H groups in total. The Kier molecular flexibility index (Phi) is 5.82. The average Bonchev–Trinajstić information content (AvgIpc) is 2.99. The quantitative estimate of drug-likeness (QED) is 0.601. The highest BCUT2D eigenvalue weighted by atomic mass is 16.6. The van der Waals surface area contributed by atoms with E-state index in [4.69, 9.17) is 4.74 Å². The molecule has 2 aromatic rings. The fourth-order valence-electron chi connectivity index (χ4n) is 2.62. The zero-order chi connectivity index (χ0) is 21.3. The van der Waals surface area contributed by atoms with Crippen LogP contribution in [0.1, 0.15) is 64.5 Å². The maximum atomic E-state index is 12.8. The zero-order valence-corrected chi connectivity index (χ0v) is 17.5. The molecule has 1 aromatic heterocycles. The summed E-state index contributed by atoms with van der Waals surface area (Å²) in [6.07, 6.45) is 0. The van der Waals surface area contributed by atoms with Crippen molar-refractivity contribution in [2.24, 2.45) is 0 Å². The molecule has 0 atom stereocenters. The van der Waals surface area contributed by atoms with Crippen LogP contribution in [0.5, 0.6) is 5.75 Å². The van der Waals surface area contributed by atoms with Gasteiger partial charge in [0.05, 0.1) is 22.8 Å². The fourth-order valence-corrected chi connectivity index (χ4v) is 2.62. The van der Waals surface area contributed by atoms with Gasteiger partial charge in [-0.05, 0) is 39.8 Å². The van der Waals surface area contributed by atoms with E-state index in [1.54, 1.807) is 11.6 Å². The maximum absolute atomic E-state index is 12.8. The molecule has 152 valence electrons. The third kappa shape index (κ3) is 4.68. The van der Waals surface area contributed by atoms with Crippen molar-refractivity contribution in [3.05, 3.63) is 45.6 Å². The molecular formula is C20H28N4O4. The SMILES string of the molecule is CCOc1ccc(C(=O)Nc2cc(C(C)(C)C)nn2C(C)(C)C)cc1[N+](=O)[O-]. The summed E-state index contributed by atoms with van der Waals surface area (Å²) < 4.78 is 7.03. The third-order valence-corrected chi connectivity index (χ3v) is 4.07. The highest BCUT2D eigenvalue weighted by Crippen LogP contribution is 2.30. The van der Waals surface area contributed by atoms with Gasteiger partial charge in [-0.25, -0.2) is 4.68 Å². The van der Waals surface area contributed by atoms with Crippen LogP contribution in [0, 0.1) is 10.1 Å². The van der Waals surface area contributed by atoms with Gasteiger partial charge in [-0.15, -0.1) is 0 Å². The van der Waals surface area contributed by atoms with E-state index in [2.05, 4.69) is 10.4 Å². The summed E-state index contributed by atoms with van der Waals surface area (Å²) in [5.74, 6) is 0.231. The minimum Gasteiger partial charge on any atom is -0.487 e. The van der Waals surface area contributed by atoms with Crippen LogP contribution in [0.25, 0.3) is 0 Å². The molecule has 0 fully saturated rings. The topological polar surface area (TPSA) is 99.3 Å². The molecule has 0 radical (unpaired) electrons. The average molecular weight is 388 g/mol. The van der Waals surface area contributed by atoms with E-state index in [-0.39, 0.29) is 28.0 Å². The molecule has 8 heteroatoms. The van der Waals surface area contributed by atoms with Crippen molar-refractivity contribution < 1.29 is 14.5 Å². The lowest BCUT2D eigenvalue weighted by Crippen LogP contribution is -2.27.